The summed E-state index contributed by atoms with van der Waals surface area (Å²) in [6.07, 6.45) is 1.19. The number of rotatable bonds is 4. The van der Waals surface area contributed by atoms with E-state index in [-0.39, 0.29) is 0 Å². The van der Waals surface area contributed by atoms with E-state index in [0.717, 1.165) is 5.69 Å². The van der Waals surface area contributed by atoms with Gasteiger partial charge in [0.1, 0.15) is 0 Å². The lowest BCUT2D eigenvalue weighted by atomic mass is 10.3. The fraction of sp³-hybridized carbons (Fsp3) is 0.667. The molecule has 1 unspecified atom stereocenters. The molecule has 1 aromatic rings. The highest BCUT2D eigenvalue weighted by Crippen LogP contribution is 2.08. The van der Waals surface area contributed by atoms with E-state index in [9.17, 15) is 5.11 Å². The van der Waals surface area contributed by atoms with Crippen molar-refractivity contribution in [3.63, 3.8) is 0 Å². The Morgan fingerprint density at radius 1 is 1.64 bits per heavy atom. The molecule has 0 amide bonds. The van der Waals surface area contributed by atoms with Gasteiger partial charge in [0, 0.05) is 6.54 Å². The normalized spacial score (nSPS) is 13.5. The molecule has 0 bridgehead atoms. The number of aliphatic hydroxyl groups excluding tert-OH is 1. The lowest BCUT2D eigenvalue weighted by Gasteiger charge is -2.16. The number of aromatic nitrogens is 2. The van der Waals surface area contributed by atoms with Gasteiger partial charge in [-0.25, -0.2) is 0 Å². The number of nitrogens with two attached hydrogens (primary N) is 1. The predicted octanol–water partition coefficient (Wildman–Crippen LogP) is -0.304. The summed E-state index contributed by atoms with van der Waals surface area (Å²) < 4.78 is 1.73. The Bertz CT molecular complexity index is 295. The number of hydrogen-bond acceptors (Lipinski definition) is 4. The maximum Gasteiger partial charge on any atom is 0.0862 e. The van der Waals surface area contributed by atoms with Gasteiger partial charge < -0.3 is 15.7 Å². The van der Waals surface area contributed by atoms with Crippen molar-refractivity contribution in [3.8, 4) is 0 Å². The molecule has 0 aliphatic carbocycles. The molecule has 0 aromatic carbocycles. The summed E-state index contributed by atoms with van der Waals surface area (Å²) in [7, 11) is 3.85. The second kappa shape index (κ2) is 4.43. The van der Waals surface area contributed by atoms with Gasteiger partial charge in [-0.2, -0.15) is 5.10 Å². The van der Waals surface area contributed by atoms with E-state index in [1.807, 2.05) is 25.9 Å². The maximum absolute atomic E-state index is 9.66. The van der Waals surface area contributed by atoms with Gasteiger partial charge in [-0.05, 0) is 21.0 Å². The monoisotopic (exact) mass is 198 g/mol. The summed E-state index contributed by atoms with van der Waals surface area (Å²) in [5, 5.41) is 13.7. The Labute approximate surface area is 84.1 Å². The number of likely N-dealkylation sites (N-methyl/N-ethyl adjacent to an activating group) is 1. The van der Waals surface area contributed by atoms with Gasteiger partial charge in [0.15, 0.2) is 0 Å². The van der Waals surface area contributed by atoms with Gasteiger partial charge in [0.05, 0.1) is 30.2 Å². The van der Waals surface area contributed by atoms with Gasteiger partial charge in [-0.15, -0.1) is 0 Å². The van der Waals surface area contributed by atoms with Crippen LogP contribution in [0.1, 0.15) is 5.69 Å². The zero-order chi connectivity index (χ0) is 10.7. The van der Waals surface area contributed by atoms with Gasteiger partial charge in [-0.3, -0.25) is 4.68 Å². The molecule has 0 radical (unpaired) electrons. The predicted molar refractivity (Wildman–Crippen MR) is 55.9 cm³/mol. The first-order chi connectivity index (χ1) is 6.50. The van der Waals surface area contributed by atoms with Crippen LogP contribution >= 0.6 is 0 Å². The zero-order valence-corrected chi connectivity index (χ0v) is 8.94. The summed E-state index contributed by atoms with van der Waals surface area (Å²) in [5.41, 5.74) is 7.22. The van der Waals surface area contributed by atoms with Crippen LogP contribution in [-0.4, -0.2) is 46.5 Å². The van der Waals surface area contributed by atoms with Crippen LogP contribution in [0.3, 0.4) is 0 Å². The van der Waals surface area contributed by atoms with Crippen molar-refractivity contribution in [3.05, 3.63) is 11.9 Å². The Balaban J connectivity index is 2.56. The van der Waals surface area contributed by atoms with E-state index in [0.29, 0.717) is 18.8 Å². The highest BCUT2D eigenvalue weighted by molar-refractivity contribution is 5.39. The van der Waals surface area contributed by atoms with E-state index >= 15 is 0 Å². The van der Waals surface area contributed by atoms with Crippen LogP contribution in [0.4, 0.5) is 5.69 Å². The first kappa shape index (κ1) is 11.0. The molecule has 1 rings (SSSR count). The van der Waals surface area contributed by atoms with E-state index < -0.39 is 6.10 Å². The third-order valence-electron chi connectivity index (χ3n) is 2.10. The third-order valence-corrected chi connectivity index (χ3v) is 2.10. The van der Waals surface area contributed by atoms with Crippen LogP contribution in [0.2, 0.25) is 0 Å². The maximum atomic E-state index is 9.66. The molecule has 1 aromatic heterocycles. The topological polar surface area (TPSA) is 67.3 Å². The molecule has 14 heavy (non-hydrogen) atoms. The summed E-state index contributed by atoms with van der Waals surface area (Å²) >= 11 is 0. The van der Waals surface area contributed by atoms with Crippen molar-refractivity contribution in [2.45, 2.75) is 19.6 Å². The van der Waals surface area contributed by atoms with Crippen LogP contribution < -0.4 is 5.73 Å². The quantitative estimate of drug-likeness (QED) is 0.697. The Kier molecular flexibility index (Phi) is 3.49. The molecular formula is C9H18N4O. The van der Waals surface area contributed by atoms with Crippen LogP contribution in [0.5, 0.6) is 0 Å². The molecule has 0 spiro atoms. The second-order valence-corrected chi connectivity index (χ2v) is 3.78. The minimum atomic E-state index is -0.414. The molecular weight excluding hydrogens is 180 g/mol. The number of anilines is 1. The molecule has 5 heteroatoms. The molecule has 0 fully saturated rings. The van der Waals surface area contributed by atoms with Crippen LogP contribution in [0, 0.1) is 6.92 Å². The number of nitrogen functional groups attached to an aromatic ring is 1. The molecule has 5 nitrogen and oxygen atoms in total. The van der Waals surface area contributed by atoms with E-state index in [4.69, 9.17) is 5.73 Å². The van der Waals surface area contributed by atoms with Crippen molar-refractivity contribution in [2.24, 2.45) is 0 Å². The lowest BCUT2D eigenvalue weighted by Crippen LogP contribution is -2.30. The molecule has 0 aliphatic rings. The van der Waals surface area contributed by atoms with Crippen LogP contribution in [0.15, 0.2) is 6.20 Å². The fourth-order valence-corrected chi connectivity index (χ4v) is 1.32. The first-order valence-corrected chi connectivity index (χ1v) is 4.61. The Hall–Kier alpha value is -1.07. The Morgan fingerprint density at radius 3 is 2.71 bits per heavy atom. The van der Waals surface area contributed by atoms with Gasteiger partial charge in [-0.1, -0.05) is 0 Å². The largest absolute Gasteiger partial charge is 0.396 e. The highest BCUT2D eigenvalue weighted by Gasteiger charge is 2.09. The van der Waals surface area contributed by atoms with Gasteiger partial charge >= 0.3 is 0 Å². The van der Waals surface area contributed by atoms with E-state index in [2.05, 4.69) is 5.10 Å². The molecule has 80 valence electrons. The van der Waals surface area contributed by atoms with E-state index in [1.54, 1.807) is 10.9 Å². The highest BCUT2D eigenvalue weighted by atomic mass is 16.3. The van der Waals surface area contributed by atoms with Crippen LogP contribution in [0.25, 0.3) is 0 Å². The molecule has 1 heterocycles. The molecule has 3 N–H and O–H groups in total. The van der Waals surface area contributed by atoms with Gasteiger partial charge in [0.25, 0.3) is 0 Å². The van der Waals surface area contributed by atoms with Gasteiger partial charge in [0.2, 0.25) is 0 Å². The van der Waals surface area contributed by atoms with E-state index in [1.165, 1.54) is 0 Å². The van der Waals surface area contributed by atoms with Crippen molar-refractivity contribution >= 4 is 5.69 Å². The molecule has 0 saturated carbocycles. The van der Waals surface area contributed by atoms with Crippen molar-refractivity contribution < 1.29 is 5.11 Å². The Morgan fingerprint density at radius 2 is 2.29 bits per heavy atom. The average Bonchev–Trinajstić information content (AvgIpc) is 2.34. The standard InChI is InChI=1S/C9H18N4O/c1-7-9(10)4-11-13(7)6-8(14)5-12(2)3/h4,8,14H,5-6,10H2,1-3H3. The average molecular weight is 198 g/mol. The lowest BCUT2D eigenvalue weighted by molar-refractivity contribution is 0.115. The minimum absolute atomic E-state index is 0.414. The summed E-state index contributed by atoms with van der Waals surface area (Å²) in [6, 6.07) is 0. The SMILES string of the molecule is Cc1c(N)cnn1CC(O)CN(C)C. The molecule has 1 atom stereocenters. The van der Waals surface area contributed by atoms with Crippen LogP contribution in [-0.2, 0) is 6.54 Å². The summed E-state index contributed by atoms with van der Waals surface area (Å²) in [5.74, 6) is 0. The second-order valence-electron chi connectivity index (χ2n) is 3.78. The third kappa shape index (κ3) is 2.71. The van der Waals surface area contributed by atoms with Crippen molar-refractivity contribution in [1.29, 1.82) is 0 Å². The number of hydrogen-bond donors (Lipinski definition) is 2. The summed E-state index contributed by atoms with van der Waals surface area (Å²) in [6.45, 7) is 3.01. The van der Waals surface area contributed by atoms with Crippen molar-refractivity contribution in [2.75, 3.05) is 26.4 Å². The minimum Gasteiger partial charge on any atom is -0.396 e. The fourth-order valence-electron chi connectivity index (χ4n) is 1.32. The number of nitrogens with zero attached hydrogens (tertiary/aromatic N) is 3. The first-order valence-electron chi connectivity index (χ1n) is 4.61. The van der Waals surface area contributed by atoms with Crippen molar-refractivity contribution in [1.82, 2.24) is 14.7 Å². The summed E-state index contributed by atoms with van der Waals surface area (Å²) in [4.78, 5) is 1.94. The molecule has 0 saturated heterocycles. The number of aliphatic hydroxyl groups is 1. The smallest absolute Gasteiger partial charge is 0.0862 e. The molecule has 0 aliphatic heterocycles. The zero-order valence-electron chi connectivity index (χ0n) is 8.94.